The lowest BCUT2D eigenvalue weighted by Gasteiger charge is -2.42. The van der Waals surface area contributed by atoms with Gasteiger partial charge in [0.15, 0.2) is 0 Å². The second kappa shape index (κ2) is 6.62. The van der Waals surface area contributed by atoms with Gasteiger partial charge in [-0.2, -0.15) is 0 Å². The summed E-state index contributed by atoms with van der Waals surface area (Å²) in [6.07, 6.45) is 2.33. The summed E-state index contributed by atoms with van der Waals surface area (Å²) >= 11 is 0. The summed E-state index contributed by atoms with van der Waals surface area (Å²) in [6.45, 7) is 9.28. The molecule has 0 atom stereocenters. The van der Waals surface area contributed by atoms with Gasteiger partial charge in [0.25, 0.3) is 0 Å². The molecule has 0 heterocycles. The van der Waals surface area contributed by atoms with E-state index in [-0.39, 0.29) is 10.8 Å². The number of carboxylic acid groups (broad SMARTS) is 1. The van der Waals surface area contributed by atoms with E-state index in [1.165, 1.54) is 11.1 Å². The van der Waals surface area contributed by atoms with Crippen molar-refractivity contribution in [2.45, 2.75) is 51.4 Å². The van der Waals surface area contributed by atoms with Gasteiger partial charge in [0, 0.05) is 5.56 Å². The molecule has 0 bridgehead atoms. The lowest BCUT2D eigenvalue weighted by atomic mass is 9.62. The highest BCUT2D eigenvalue weighted by Gasteiger charge is 2.38. The van der Waals surface area contributed by atoms with E-state index in [0.717, 1.165) is 40.5 Å². The zero-order valence-electron chi connectivity index (χ0n) is 17.8. The zero-order chi connectivity index (χ0) is 21.0. The molecular formula is C26H28O3. The minimum atomic E-state index is -0.905. The van der Waals surface area contributed by atoms with Crippen molar-refractivity contribution in [2.75, 3.05) is 7.11 Å². The van der Waals surface area contributed by atoms with Crippen molar-refractivity contribution in [2.24, 2.45) is 0 Å². The maximum absolute atomic E-state index is 11.2. The Morgan fingerprint density at radius 1 is 0.862 bits per heavy atom. The largest absolute Gasteiger partial charge is 0.496 e. The Morgan fingerprint density at radius 3 is 2.07 bits per heavy atom. The van der Waals surface area contributed by atoms with E-state index >= 15 is 0 Å². The summed E-state index contributed by atoms with van der Waals surface area (Å²) < 4.78 is 5.81. The average molecular weight is 389 g/mol. The highest BCUT2D eigenvalue weighted by molar-refractivity contribution is 5.96. The molecule has 3 heteroatoms. The highest BCUT2D eigenvalue weighted by Crippen LogP contribution is 2.49. The fourth-order valence-electron chi connectivity index (χ4n) is 4.53. The number of hydrogen-bond acceptors (Lipinski definition) is 2. The molecule has 0 unspecified atom stereocenters. The van der Waals surface area contributed by atoms with Gasteiger partial charge in [-0.25, -0.2) is 4.79 Å². The van der Waals surface area contributed by atoms with Gasteiger partial charge >= 0.3 is 5.97 Å². The number of rotatable bonds is 3. The summed E-state index contributed by atoms with van der Waals surface area (Å²) in [5.41, 5.74) is 5.50. The number of carbonyl (C=O) groups is 1. The summed E-state index contributed by atoms with van der Waals surface area (Å²) in [5, 5.41) is 11.2. The molecule has 3 aromatic carbocycles. The van der Waals surface area contributed by atoms with Crippen LogP contribution in [0.15, 0.2) is 48.5 Å². The molecular weight excluding hydrogens is 360 g/mol. The fraction of sp³-hybridized carbons (Fsp3) is 0.346. The Morgan fingerprint density at radius 2 is 1.45 bits per heavy atom. The Labute approximate surface area is 172 Å². The number of methoxy groups -OCH3 is 1. The van der Waals surface area contributed by atoms with Crippen molar-refractivity contribution < 1.29 is 14.6 Å². The normalized spacial score (nSPS) is 17.0. The first-order chi connectivity index (χ1) is 13.6. The van der Waals surface area contributed by atoms with Gasteiger partial charge in [-0.15, -0.1) is 0 Å². The molecule has 0 radical (unpaired) electrons. The van der Waals surface area contributed by atoms with E-state index in [9.17, 15) is 9.90 Å². The quantitative estimate of drug-likeness (QED) is 0.552. The molecule has 29 heavy (non-hydrogen) atoms. The molecule has 0 aliphatic heterocycles. The van der Waals surface area contributed by atoms with E-state index in [1.54, 1.807) is 19.2 Å². The van der Waals surface area contributed by atoms with Crippen LogP contribution in [-0.4, -0.2) is 18.2 Å². The maximum Gasteiger partial charge on any atom is 0.335 e. The molecule has 0 saturated carbocycles. The first kappa shape index (κ1) is 19.5. The highest BCUT2D eigenvalue weighted by atomic mass is 16.5. The van der Waals surface area contributed by atoms with E-state index in [1.807, 2.05) is 12.1 Å². The minimum absolute atomic E-state index is 0.124. The first-order valence-corrected chi connectivity index (χ1v) is 10.1. The lowest BCUT2D eigenvalue weighted by Crippen LogP contribution is -2.33. The van der Waals surface area contributed by atoms with Gasteiger partial charge in [0.2, 0.25) is 0 Å². The molecule has 4 rings (SSSR count). The Bertz CT molecular complexity index is 1120. The molecule has 0 saturated heterocycles. The minimum Gasteiger partial charge on any atom is -0.496 e. The molecule has 150 valence electrons. The number of carboxylic acids is 1. The van der Waals surface area contributed by atoms with Crippen molar-refractivity contribution in [1.82, 2.24) is 0 Å². The molecule has 0 amide bonds. The van der Waals surface area contributed by atoms with Crippen LogP contribution in [0.5, 0.6) is 5.75 Å². The van der Waals surface area contributed by atoms with Crippen LogP contribution in [0.2, 0.25) is 0 Å². The number of ether oxygens (including phenoxy) is 1. The van der Waals surface area contributed by atoms with Gasteiger partial charge in [-0.05, 0) is 81.5 Å². The average Bonchev–Trinajstić information content (AvgIpc) is 2.69. The Balaban J connectivity index is 1.91. The number of aromatic carboxylic acids is 1. The van der Waals surface area contributed by atoms with E-state index in [4.69, 9.17) is 4.74 Å². The van der Waals surface area contributed by atoms with Crippen LogP contribution in [0.25, 0.3) is 21.9 Å². The molecule has 3 nitrogen and oxygen atoms in total. The fourth-order valence-corrected chi connectivity index (χ4v) is 4.53. The van der Waals surface area contributed by atoms with Crippen molar-refractivity contribution in [3.05, 3.63) is 65.2 Å². The molecule has 3 aromatic rings. The summed E-state index contributed by atoms with van der Waals surface area (Å²) in [6, 6.07) is 15.9. The SMILES string of the molecule is COc1cc2c(cc1-c1ccc3cc(C(=O)O)ccc3c1)C(C)(C)CCC2(C)C. The van der Waals surface area contributed by atoms with Crippen LogP contribution < -0.4 is 4.74 Å². The third-order valence-corrected chi connectivity index (χ3v) is 6.57. The van der Waals surface area contributed by atoms with Crippen LogP contribution in [0, 0.1) is 0 Å². The van der Waals surface area contributed by atoms with E-state index in [0.29, 0.717) is 5.56 Å². The number of fused-ring (bicyclic) bond motifs is 2. The second-order valence-corrected chi connectivity index (χ2v) is 9.45. The molecule has 1 N–H and O–H groups in total. The predicted octanol–water partition coefficient (Wildman–Crippen LogP) is 6.56. The standard InChI is InChI=1S/C26H28O3/c1-25(2)10-11-26(3,4)22-15-23(29-5)20(14-21(22)25)18-8-6-17-13-19(24(27)28)9-7-16(17)12-18/h6-9,12-15H,10-11H2,1-5H3,(H,27,28). The van der Waals surface area contributed by atoms with Crippen LogP contribution in [0.4, 0.5) is 0 Å². The Kier molecular flexibility index (Phi) is 4.45. The monoisotopic (exact) mass is 388 g/mol. The third kappa shape index (κ3) is 3.29. The van der Waals surface area contributed by atoms with Crippen molar-refractivity contribution in [3.8, 4) is 16.9 Å². The zero-order valence-corrected chi connectivity index (χ0v) is 17.8. The van der Waals surface area contributed by atoms with E-state index < -0.39 is 5.97 Å². The second-order valence-electron chi connectivity index (χ2n) is 9.45. The van der Waals surface area contributed by atoms with Gasteiger partial charge in [0.1, 0.15) is 5.75 Å². The van der Waals surface area contributed by atoms with Gasteiger partial charge in [-0.3, -0.25) is 0 Å². The smallest absolute Gasteiger partial charge is 0.335 e. The van der Waals surface area contributed by atoms with Crippen LogP contribution >= 0.6 is 0 Å². The molecule has 0 fully saturated rings. The van der Waals surface area contributed by atoms with Crippen LogP contribution in [-0.2, 0) is 10.8 Å². The number of hydrogen-bond donors (Lipinski definition) is 1. The predicted molar refractivity (Wildman–Crippen MR) is 118 cm³/mol. The number of benzene rings is 3. The first-order valence-electron chi connectivity index (χ1n) is 10.1. The van der Waals surface area contributed by atoms with Crippen molar-refractivity contribution in [1.29, 1.82) is 0 Å². The van der Waals surface area contributed by atoms with Crippen molar-refractivity contribution >= 4 is 16.7 Å². The Hall–Kier alpha value is -2.81. The van der Waals surface area contributed by atoms with E-state index in [2.05, 4.69) is 52.0 Å². The summed E-state index contributed by atoms with van der Waals surface area (Å²) in [7, 11) is 1.73. The third-order valence-electron chi connectivity index (χ3n) is 6.57. The van der Waals surface area contributed by atoms with Gasteiger partial charge < -0.3 is 9.84 Å². The van der Waals surface area contributed by atoms with Gasteiger partial charge in [0.05, 0.1) is 12.7 Å². The topological polar surface area (TPSA) is 46.5 Å². The van der Waals surface area contributed by atoms with Crippen LogP contribution in [0.3, 0.4) is 0 Å². The molecule has 1 aliphatic rings. The van der Waals surface area contributed by atoms with Crippen LogP contribution in [0.1, 0.15) is 62.0 Å². The maximum atomic E-state index is 11.2. The van der Waals surface area contributed by atoms with Crippen molar-refractivity contribution in [3.63, 3.8) is 0 Å². The molecule has 1 aliphatic carbocycles. The lowest BCUT2D eigenvalue weighted by molar-refractivity contribution is 0.0697. The summed E-state index contributed by atoms with van der Waals surface area (Å²) in [4.78, 5) is 11.2. The molecule has 0 spiro atoms. The summed E-state index contributed by atoms with van der Waals surface area (Å²) in [5.74, 6) is -0.0202. The molecule has 0 aromatic heterocycles. The van der Waals surface area contributed by atoms with Gasteiger partial charge in [-0.1, -0.05) is 45.9 Å².